The van der Waals surface area contributed by atoms with Crippen molar-refractivity contribution in [3.63, 3.8) is 0 Å². The summed E-state index contributed by atoms with van der Waals surface area (Å²) in [7, 11) is 6.27. The second-order valence-electron chi connectivity index (χ2n) is 7.33. The Balaban J connectivity index is 1.91. The van der Waals surface area contributed by atoms with E-state index < -0.39 is 4.92 Å². The van der Waals surface area contributed by atoms with Gasteiger partial charge in [-0.15, -0.1) is 11.8 Å². The van der Waals surface area contributed by atoms with E-state index in [0.29, 0.717) is 29.6 Å². The first kappa shape index (κ1) is 23.8. The normalized spacial score (nSPS) is 17.7. The molecule has 2 aromatic rings. The van der Waals surface area contributed by atoms with E-state index in [1.807, 2.05) is 25.1 Å². The number of nitro groups is 1. The molecule has 0 saturated carbocycles. The van der Waals surface area contributed by atoms with Crippen LogP contribution in [0, 0.1) is 10.1 Å². The van der Waals surface area contributed by atoms with Gasteiger partial charge in [-0.25, -0.2) is 0 Å². The number of nitrogens with zero attached hydrogens (tertiary/aromatic N) is 1. The topological polar surface area (TPSA) is 89.3 Å². The maximum atomic E-state index is 11.7. The fourth-order valence-corrected chi connectivity index (χ4v) is 5.37. The number of hydrogen-bond acceptors (Lipinski definition) is 8. The van der Waals surface area contributed by atoms with E-state index in [4.69, 9.17) is 23.7 Å². The molecular weight excluding hydrogens is 434 g/mol. The second kappa shape index (κ2) is 10.7. The van der Waals surface area contributed by atoms with E-state index in [-0.39, 0.29) is 21.9 Å². The maximum Gasteiger partial charge on any atom is 0.315 e. The Morgan fingerprint density at radius 1 is 0.875 bits per heavy atom. The zero-order chi connectivity index (χ0) is 23.3. The smallest absolute Gasteiger partial charge is 0.315 e. The lowest BCUT2D eigenvalue weighted by Crippen LogP contribution is -2.03. The fourth-order valence-electron chi connectivity index (χ4n) is 3.85. The molecule has 2 atom stereocenters. The van der Waals surface area contributed by atoms with Crippen LogP contribution in [0.25, 0.3) is 0 Å². The third-order valence-corrected chi connectivity index (χ3v) is 7.05. The van der Waals surface area contributed by atoms with E-state index in [0.717, 1.165) is 30.4 Å². The summed E-state index contributed by atoms with van der Waals surface area (Å²) in [5.74, 6) is 2.36. The number of benzene rings is 2. The zero-order valence-electron chi connectivity index (χ0n) is 19.0. The minimum Gasteiger partial charge on any atom is -0.493 e. The van der Waals surface area contributed by atoms with Crippen LogP contribution in [0.2, 0.25) is 0 Å². The van der Waals surface area contributed by atoms with Crippen LogP contribution in [0.15, 0.2) is 24.3 Å². The third-order valence-electron chi connectivity index (χ3n) is 5.37. The highest BCUT2D eigenvalue weighted by atomic mass is 32.2. The van der Waals surface area contributed by atoms with Crippen molar-refractivity contribution in [2.75, 3.05) is 35.0 Å². The van der Waals surface area contributed by atoms with Crippen molar-refractivity contribution in [2.24, 2.45) is 0 Å². The lowest BCUT2D eigenvalue weighted by atomic mass is 10.0. The van der Waals surface area contributed by atoms with Gasteiger partial charge in [0.25, 0.3) is 0 Å². The van der Waals surface area contributed by atoms with E-state index in [1.54, 1.807) is 39.2 Å². The van der Waals surface area contributed by atoms with Crippen molar-refractivity contribution in [3.8, 4) is 28.7 Å². The van der Waals surface area contributed by atoms with Gasteiger partial charge in [-0.1, -0.05) is 6.92 Å². The predicted octanol–water partition coefficient (Wildman–Crippen LogP) is 5.73. The first-order valence-corrected chi connectivity index (χ1v) is 11.4. The second-order valence-corrected chi connectivity index (χ2v) is 8.74. The summed E-state index contributed by atoms with van der Waals surface area (Å²) >= 11 is 1.76. The Kier molecular flexibility index (Phi) is 7.95. The van der Waals surface area contributed by atoms with Crippen LogP contribution >= 0.6 is 11.8 Å². The van der Waals surface area contributed by atoms with Crippen LogP contribution in [-0.2, 0) is 0 Å². The van der Waals surface area contributed by atoms with Gasteiger partial charge >= 0.3 is 5.69 Å². The van der Waals surface area contributed by atoms with Crippen molar-refractivity contribution in [1.82, 2.24) is 0 Å². The molecule has 1 fully saturated rings. The number of rotatable bonds is 10. The molecule has 3 rings (SSSR count). The van der Waals surface area contributed by atoms with Gasteiger partial charge in [-0.05, 0) is 48.6 Å². The van der Waals surface area contributed by atoms with E-state index >= 15 is 0 Å². The molecule has 1 saturated heterocycles. The largest absolute Gasteiger partial charge is 0.493 e. The molecule has 0 aliphatic carbocycles. The third kappa shape index (κ3) is 4.82. The predicted molar refractivity (Wildman–Crippen MR) is 124 cm³/mol. The van der Waals surface area contributed by atoms with Gasteiger partial charge in [-0.3, -0.25) is 10.1 Å². The summed E-state index contributed by atoms with van der Waals surface area (Å²) in [5.41, 5.74) is 1.86. The summed E-state index contributed by atoms with van der Waals surface area (Å²) in [6, 6.07) is 7.40. The molecule has 9 heteroatoms. The molecule has 2 aromatic carbocycles. The summed E-state index contributed by atoms with van der Waals surface area (Å²) in [5, 5.41) is 12.0. The molecule has 174 valence electrons. The molecule has 0 aromatic heterocycles. The zero-order valence-corrected chi connectivity index (χ0v) is 19.8. The van der Waals surface area contributed by atoms with Crippen LogP contribution in [0.1, 0.15) is 47.8 Å². The van der Waals surface area contributed by atoms with Crippen molar-refractivity contribution in [3.05, 3.63) is 45.5 Å². The van der Waals surface area contributed by atoms with Crippen LogP contribution in [0.5, 0.6) is 28.7 Å². The molecule has 1 aliphatic rings. The molecule has 1 aliphatic heterocycles. The number of nitro benzene ring substituents is 1. The lowest BCUT2D eigenvalue weighted by molar-refractivity contribution is -0.386. The van der Waals surface area contributed by atoms with Crippen LogP contribution < -0.4 is 23.7 Å². The summed E-state index contributed by atoms with van der Waals surface area (Å²) < 4.78 is 27.5. The van der Waals surface area contributed by atoms with Gasteiger partial charge in [0.05, 0.1) is 40.0 Å². The highest BCUT2D eigenvalue weighted by Gasteiger charge is 2.32. The Morgan fingerprint density at radius 2 is 1.38 bits per heavy atom. The maximum absolute atomic E-state index is 11.7. The van der Waals surface area contributed by atoms with Crippen LogP contribution in [0.4, 0.5) is 5.69 Å². The molecule has 2 unspecified atom stereocenters. The number of ether oxygens (including phenoxy) is 5. The number of methoxy groups -OCH3 is 4. The van der Waals surface area contributed by atoms with E-state index in [9.17, 15) is 10.1 Å². The van der Waals surface area contributed by atoms with E-state index in [1.165, 1.54) is 7.11 Å². The van der Waals surface area contributed by atoms with E-state index in [2.05, 4.69) is 0 Å². The molecule has 0 N–H and O–H groups in total. The van der Waals surface area contributed by atoms with Gasteiger partial charge < -0.3 is 23.7 Å². The minimum atomic E-state index is -0.409. The molecule has 8 nitrogen and oxygen atoms in total. The van der Waals surface area contributed by atoms with Crippen molar-refractivity contribution in [1.29, 1.82) is 0 Å². The molecule has 32 heavy (non-hydrogen) atoms. The van der Waals surface area contributed by atoms with Gasteiger partial charge in [-0.2, -0.15) is 0 Å². The molecule has 0 radical (unpaired) electrons. The molecule has 1 heterocycles. The fraction of sp³-hybridized carbons (Fsp3) is 0.478. The Bertz CT molecular complexity index is 941. The average Bonchev–Trinajstić information content (AvgIpc) is 3.31. The van der Waals surface area contributed by atoms with Gasteiger partial charge in [0.15, 0.2) is 17.2 Å². The first-order valence-electron chi connectivity index (χ1n) is 10.4. The Labute approximate surface area is 192 Å². The number of thioether (sulfide) groups is 1. The highest BCUT2D eigenvalue weighted by Crippen LogP contribution is 2.56. The van der Waals surface area contributed by atoms with Gasteiger partial charge in [0.2, 0.25) is 11.5 Å². The lowest BCUT2D eigenvalue weighted by Gasteiger charge is -2.18. The Hall–Kier alpha value is -2.81. The van der Waals surface area contributed by atoms with Crippen molar-refractivity contribution in [2.45, 2.75) is 36.7 Å². The number of hydrogen-bond donors (Lipinski definition) is 0. The average molecular weight is 464 g/mol. The van der Waals surface area contributed by atoms with Crippen LogP contribution in [0.3, 0.4) is 0 Å². The quantitative estimate of drug-likeness (QED) is 0.326. The van der Waals surface area contributed by atoms with Gasteiger partial charge in [0, 0.05) is 16.6 Å². The highest BCUT2D eigenvalue weighted by molar-refractivity contribution is 8.00. The first-order chi connectivity index (χ1) is 15.5. The molecule has 0 bridgehead atoms. The van der Waals surface area contributed by atoms with Crippen LogP contribution in [-0.4, -0.2) is 40.0 Å². The van der Waals surface area contributed by atoms with Gasteiger partial charge in [0.1, 0.15) is 0 Å². The molecule has 0 amide bonds. The molecular formula is C23H29NO7S. The summed E-state index contributed by atoms with van der Waals surface area (Å²) in [6.07, 6.45) is 2.54. The standard InChI is InChI=1S/C23H29NO7S/c1-6-9-31-22-16(24(25)26)10-14(11-17(22)27-2)20-7-8-21(32-20)15-12-18(28-3)23(30-5)19(13-15)29-4/h10-13,20-21H,6-9H2,1-5H3. The molecule has 0 spiro atoms. The summed E-state index contributed by atoms with van der Waals surface area (Å²) in [4.78, 5) is 11.3. The Morgan fingerprint density at radius 3 is 1.81 bits per heavy atom. The SMILES string of the molecule is CCCOc1c(OC)cc(C2CCC(c3cc(OC)c(OC)c(OC)c3)S2)cc1[N+](=O)[O-]. The monoisotopic (exact) mass is 463 g/mol. The summed E-state index contributed by atoms with van der Waals surface area (Å²) in [6.45, 7) is 2.34. The van der Waals surface area contributed by atoms with Crippen molar-refractivity contribution >= 4 is 17.4 Å². The minimum absolute atomic E-state index is 0.0652. The van der Waals surface area contributed by atoms with Crippen molar-refractivity contribution < 1.29 is 28.6 Å².